The van der Waals surface area contributed by atoms with Gasteiger partial charge in [0.15, 0.2) is 0 Å². The first-order valence-corrected chi connectivity index (χ1v) is 7.17. The van der Waals surface area contributed by atoms with Gasteiger partial charge < -0.3 is 15.8 Å². The van der Waals surface area contributed by atoms with Gasteiger partial charge in [-0.1, -0.05) is 20.3 Å². The molecule has 0 aliphatic heterocycles. The van der Waals surface area contributed by atoms with E-state index < -0.39 is 0 Å². The Kier molecular flexibility index (Phi) is 7.09. The molecule has 0 amide bonds. The average molecular weight is 242 g/mol. The van der Waals surface area contributed by atoms with Gasteiger partial charge in [0.2, 0.25) is 0 Å². The van der Waals surface area contributed by atoms with Crippen LogP contribution in [0.3, 0.4) is 0 Å². The molecule has 1 aliphatic carbocycles. The van der Waals surface area contributed by atoms with Gasteiger partial charge in [-0.2, -0.15) is 0 Å². The number of hydrogen-bond donors (Lipinski definition) is 2. The molecule has 0 aromatic carbocycles. The summed E-state index contributed by atoms with van der Waals surface area (Å²) < 4.78 is 5.30. The highest BCUT2D eigenvalue weighted by atomic mass is 16.5. The monoisotopic (exact) mass is 242 g/mol. The van der Waals surface area contributed by atoms with Crippen molar-refractivity contribution < 1.29 is 4.74 Å². The summed E-state index contributed by atoms with van der Waals surface area (Å²) in [7, 11) is 1.78. The molecule has 4 atom stereocenters. The Labute approximate surface area is 106 Å². The third kappa shape index (κ3) is 4.57. The Balaban J connectivity index is 2.38. The van der Waals surface area contributed by atoms with Crippen LogP contribution in [0.15, 0.2) is 0 Å². The predicted octanol–water partition coefficient (Wildman–Crippen LogP) is 2.15. The second kappa shape index (κ2) is 8.06. The fourth-order valence-electron chi connectivity index (χ4n) is 3.14. The summed E-state index contributed by atoms with van der Waals surface area (Å²) in [6.45, 7) is 6.29. The van der Waals surface area contributed by atoms with E-state index in [4.69, 9.17) is 10.5 Å². The standard InChI is InChI=1S/C14H30N2O/c1-4-12-7-8-14(11(12)2)16-13(10-17-3)6-5-9-15/h11-14,16H,4-10,15H2,1-3H3. The van der Waals surface area contributed by atoms with Gasteiger partial charge in [-0.3, -0.25) is 0 Å². The second-order valence-electron chi connectivity index (χ2n) is 5.46. The second-order valence-corrected chi connectivity index (χ2v) is 5.46. The van der Waals surface area contributed by atoms with Crippen LogP contribution in [-0.4, -0.2) is 32.3 Å². The minimum atomic E-state index is 0.478. The maximum Gasteiger partial charge on any atom is 0.0615 e. The van der Waals surface area contributed by atoms with E-state index in [9.17, 15) is 0 Å². The lowest BCUT2D eigenvalue weighted by Gasteiger charge is -2.26. The van der Waals surface area contributed by atoms with Gasteiger partial charge in [0.05, 0.1) is 6.61 Å². The molecular weight excluding hydrogens is 212 g/mol. The number of rotatable bonds is 8. The zero-order valence-corrected chi connectivity index (χ0v) is 11.7. The minimum absolute atomic E-state index is 0.478. The summed E-state index contributed by atoms with van der Waals surface area (Å²) in [6, 6.07) is 1.16. The summed E-state index contributed by atoms with van der Waals surface area (Å²) in [5.74, 6) is 1.71. The molecule has 1 aliphatic rings. The van der Waals surface area contributed by atoms with Gasteiger partial charge in [-0.15, -0.1) is 0 Å². The molecule has 17 heavy (non-hydrogen) atoms. The zero-order valence-electron chi connectivity index (χ0n) is 11.7. The lowest BCUT2D eigenvalue weighted by Crippen LogP contribution is -2.43. The molecule has 0 aromatic heterocycles. The van der Waals surface area contributed by atoms with Crippen LogP contribution in [0.1, 0.15) is 46.0 Å². The summed E-state index contributed by atoms with van der Waals surface area (Å²) in [6.07, 6.45) is 6.23. The van der Waals surface area contributed by atoms with Gasteiger partial charge in [0, 0.05) is 19.2 Å². The van der Waals surface area contributed by atoms with E-state index in [0.29, 0.717) is 12.1 Å². The van der Waals surface area contributed by atoms with Crippen molar-refractivity contribution in [2.24, 2.45) is 17.6 Å². The Morgan fingerprint density at radius 2 is 2.18 bits per heavy atom. The number of nitrogens with two attached hydrogens (primary N) is 1. The molecule has 1 fully saturated rings. The number of ether oxygens (including phenoxy) is 1. The molecule has 0 aromatic rings. The Morgan fingerprint density at radius 3 is 2.71 bits per heavy atom. The van der Waals surface area contributed by atoms with Crippen molar-refractivity contribution >= 4 is 0 Å². The zero-order chi connectivity index (χ0) is 12.7. The highest BCUT2D eigenvalue weighted by Gasteiger charge is 2.32. The van der Waals surface area contributed by atoms with E-state index in [-0.39, 0.29) is 0 Å². The van der Waals surface area contributed by atoms with Gasteiger partial charge in [-0.25, -0.2) is 0 Å². The van der Waals surface area contributed by atoms with Crippen LogP contribution in [0.5, 0.6) is 0 Å². The Bertz CT molecular complexity index is 199. The fraction of sp³-hybridized carbons (Fsp3) is 1.00. The van der Waals surface area contributed by atoms with Crippen molar-refractivity contribution in [2.45, 2.75) is 58.0 Å². The first kappa shape index (κ1) is 14.9. The number of nitrogens with one attached hydrogen (secondary N) is 1. The molecule has 0 saturated heterocycles. The summed E-state index contributed by atoms with van der Waals surface area (Å²) >= 11 is 0. The van der Waals surface area contributed by atoms with E-state index in [1.54, 1.807) is 7.11 Å². The van der Waals surface area contributed by atoms with Crippen LogP contribution in [0.25, 0.3) is 0 Å². The number of hydrogen-bond acceptors (Lipinski definition) is 3. The highest BCUT2D eigenvalue weighted by molar-refractivity contribution is 4.88. The summed E-state index contributed by atoms with van der Waals surface area (Å²) in [5.41, 5.74) is 5.58. The van der Waals surface area contributed by atoms with Crippen molar-refractivity contribution in [1.82, 2.24) is 5.32 Å². The number of methoxy groups -OCH3 is 1. The molecule has 0 heterocycles. The first-order chi connectivity index (χ1) is 8.22. The normalized spacial score (nSPS) is 30.7. The van der Waals surface area contributed by atoms with Crippen molar-refractivity contribution in [3.63, 3.8) is 0 Å². The molecule has 0 spiro atoms. The van der Waals surface area contributed by atoms with E-state index in [1.165, 1.54) is 19.3 Å². The van der Waals surface area contributed by atoms with Crippen LogP contribution >= 0.6 is 0 Å². The molecule has 1 rings (SSSR count). The van der Waals surface area contributed by atoms with Crippen LogP contribution in [0.2, 0.25) is 0 Å². The predicted molar refractivity (Wildman–Crippen MR) is 73.1 cm³/mol. The van der Waals surface area contributed by atoms with Crippen molar-refractivity contribution in [1.29, 1.82) is 0 Å². The quantitative estimate of drug-likeness (QED) is 0.685. The van der Waals surface area contributed by atoms with E-state index in [0.717, 1.165) is 37.8 Å². The smallest absolute Gasteiger partial charge is 0.0615 e. The van der Waals surface area contributed by atoms with E-state index >= 15 is 0 Å². The topological polar surface area (TPSA) is 47.3 Å². The van der Waals surface area contributed by atoms with Crippen LogP contribution < -0.4 is 11.1 Å². The first-order valence-electron chi connectivity index (χ1n) is 7.17. The molecule has 4 unspecified atom stereocenters. The van der Waals surface area contributed by atoms with Gasteiger partial charge >= 0.3 is 0 Å². The largest absolute Gasteiger partial charge is 0.383 e. The van der Waals surface area contributed by atoms with Crippen molar-refractivity contribution in [3.8, 4) is 0 Å². The van der Waals surface area contributed by atoms with Gasteiger partial charge in [-0.05, 0) is 44.1 Å². The van der Waals surface area contributed by atoms with E-state index in [1.807, 2.05) is 0 Å². The molecule has 102 valence electrons. The van der Waals surface area contributed by atoms with E-state index in [2.05, 4.69) is 19.2 Å². The summed E-state index contributed by atoms with van der Waals surface area (Å²) in [4.78, 5) is 0. The molecule has 0 radical (unpaired) electrons. The van der Waals surface area contributed by atoms with Crippen molar-refractivity contribution in [2.75, 3.05) is 20.3 Å². The van der Waals surface area contributed by atoms with Gasteiger partial charge in [0.25, 0.3) is 0 Å². The molecule has 0 bridgehead atoms. The Morgan fingerprint density at radius 1 is 1.41 bits per heavy atom. The molecule has 3 N–H and O–H groups in total. The summed E-state index contributed by atoms with van der Waals surface area (Å²) in [5, 5.41) is 3.79. The van der Waals surface area contributed by atoms with Crippen molar-refractivity contribution in [3.05, 3.63) is 0 Å². The van der Waals surface area contributed by atoms with Gasteiger partial charge in [0.1, 0.15) is 0 Å². The maximum absolute atomic E-state index is 5.58. The lowest BCUT2D eigenvalue weighted by molar-refractivity contribution is 0.150. The van der Waals surface area contributed by atoms with Crippen LogP contribution in [0, 0.1) is 11.8 Å². The molecule has 3 heteroatoms. The van der Waals surface area contributed by atoms with Crippen LogP contribution in [0.4, 0.5) is 0 Å². The third-order valence-electron chi connectivity index (χ3n) is 4.33. The molecule has 1 saturated carbocycles. The molecule has 3 nitrogen and oxygen atoms in total. The maximum atomic E-state index is 5.58. The van der Waals surface area contributed by atoms with Crippen LogP contribution in [-0.2, 0) is 4.74 Å². The highest BCUT2D eigenvalue weighted by Crippen LogP contribution is 2.34. The SMILES string of the molecule is CCC1CCC(NC(CCCN)COC)C1C. The third-order valence-corrected chi connectivity index (χ3v) is 4.33. The lowest BCUT2D eigenvalue weighted by atomic mass is 9.93. The molecular formula is C14H30N2O. The Hall–Kier alpha value is -0.120. The minimum Gasteiger partial charge on any atom is -0.383 e. The fourth-order valence-corrected chi connectivity index (χ4v) is 3.14. The average Bonchev–Trinajstić information content (AvgIpc) is 2.68.